The molecule has 0 radical (unpaired) electrons. The van der Waals surface area contributed by atoms with Crippen molar-refractivity contribution >= 4 is 121 Å². The highest BCUT2D eigenvalue weighted by Crippen LogP contribution is 2.63. The van der Waals surface area contributed by atoms with E-state index in [-0.39, 0.29) is 55.6 Å². The first-order valence-electron chi connectivity index (χ1n) is 45.2. The molecule has 1 unspecified atom stereocenters. The highest BCUT2D eigenvalue weighted by Gasteiger charge is 2.44. The zero-order chi connectivity index (χ0) is 87.2. The van der Waals surface area contributed by atoms with Gasteiger partial charge in [-0.1, -0.05) is 280 Å². The zero-order valence-corrected chi connectivity index (χ0v) is 69.2. The molecule has 0 N–H and O–H groups in total. The molecule has 0 fully saturated rings. The Morgan fingerprint density at radius 1 is 0.231 bits per heavy atom. The molecule has 572 valence electrons. The van der Waals surface area contributed by atoms with Gasteiger partial charge in [0, 0.05) is 77.3 Å². The molecule has 19 aromatic rings. The van der Waals surface area contributed by atoms with Gasteiger partial charge in [-0.15, -0.1) is 0 Å². The first kappa shape index (κ1) is 63.4. The lowest BCUT2D eigenvalue weighted by molar-refractivity contribution is 0.589. The highest BCUT2D eigenvalue weighted by atomic mass is 15.2. The predicted molar refractivity (Wildman–Crippen MR) is 498 cm³/mol. The van der Waals surface area contributed by atoms with Gasteiger partial charge in [0.15, 0.2) is 0 Å². The summed E-state index contributed by atoms with van der Waals surface area (Å²) in [7, 11) is 0. The molecule has 4 aromatic heterocycles. The summed E-state index contributed by atoms with van der Waals surface area (Å²) >= 11 is 0. The van der Waals surface area contributed by atoms with Gasteiger partial charge in [-0.05, 0) is 228 Å². The van der Waals surface area contributed by atoms with Crippen LogP contribution in [0.1, 0.15) is 165 Å². The Kier molecular flexibility index (Phi) is 14.0. The summed E-state index contributed by atoms with van der Waals surface area (Å²) < 4.78 is 85.6. The summed E-state index contributed by atoms with van der Waals surface area (Å²) in [5, 5.41) is 6.78. The monoisotopic (exact) mass is 1520 g/mol. The molecule has 117 heavy (non-hydrogen) atoms. The molecule has 6 heterocycles. The number of hydrogen-bond donors (Lipinski definition) is 0. The molecule has 2 aliphatic heterocycles. The lowest BCUT2D eigenvalue weighted by atomic mass is 9.73. The molecule has 0 amide bonds. The van der Waals surface area contributed by atoms with Gasteiger partial charge in [-0.25, -0.2) is 0 Å². The SMILES string of the molecule is [2H]c1c([2H])c([2H])c2c(c1[2H])c1c([2H])c([2H])c([2H])c([2H])c1n2-c1ccc2c(c1)N(c1cccc3c4cccc(-n5c6ccc(C(C)(C)C)cc6c6cc(C(C)(C)C)ccc65)c4n(-c4ccccc4)c13)c1cc(C(C)(C)C)cc3c1C2c1ccc(-n2c4ccc(C(C)(C)C)cc4c4cc(C(C)(C)C)ccc42)cc1N3c1cc(-c2ccccc2)cc(-c2ccccc2)c1. The molecule has 2 aliphatic rings. The van der Waals surface area contributed by atoms with Crippen LogP contribution >= 0.6 is 0 Å². The van der Waals surface area contributed by atoms with Crippen molar-refractivity contribution < 1.29 is 11.0 Å². The minimum absolute atomic E-state index is 0.00858. The largest absolute Gasteiger partial charge is 0.310 e. The molecule has 21 rings (SSSR count). The maximum absolute atomic E-state index is 9.98. The fourth-order valence-corrected chi connectivity index (χ4v) is 19.0. The summed E-state index contributed by atoms with van der Waals surface area (Å²) in [5.41, 5.74) is 27.5. The maximum Gasteiger partial charge on any atom is 0.0783 e. The van der Waals surface area contributed by atoms with Gasteiger partial charge in [0.1, 0.15) is 0 Å². The Hall–Kier alpha value is -12.9. The van der Waals surface area contributed by atoms with E-state index in [1.807, 2.05) is 6.07 Å². The minimum Gasteiger partial charge on any atom is -0.310 e. The fourth-order valence-electron chi connectivity index (χ4n) is 19.0. The van der Waals surface area contributed by atoms with E-state index < -0.39 is 47.6 Å². The number of anilines is 6. The van der Waals surface area contributed by atoms with Gasteiger partial charge in [0.05, 0.1) is 89.2 Å². The molecular formula is C111H98N6. The number of nitrogens with zero attached hydrogens (tertiary/aromatic N) is 6. The Morgan fingerprint density at radius 3 is 1.06 bits per heavy atom. The normalized spacial score (nSPS) is 14.9. The summed E-state index contributed by atoms with van der Waals surface area (Å²) in [6.07, 6.45) is 0. The summed E-state index contributed by atoms with van der Waals surface area (Å²) in [4.78, 5) is 5.00. The first-order valence-corrected chi connectivity index (χ1v) is 41.2. The van der Waals surface area contributed by atoms with Crippen molar-refractivity contribution in [3.8, 4) is 45.0 Å². The van der Waals surface area contributed by atoms with E-state index in [9.17, 15) is 11.0 Å². The van der Waals surface area contributed by atoms with E-state index in [2.05, 4.69) is 388 Å². The van der Waals surface area contributed by atoms with Crippen molar-refractivity contribution in [2.24, 2.45) is 0 Å². The average Bonchev–Trinajstić information content (AvgIpc) is 1.68. The van der Waals surface area contributed by atoms with E-state index >= 15 is 0 Å². The smallest absolute Gasteiger partial charge is 0.0783 e. The number of fused-ring (bicyclic) bond motifs is 16. The molecule has 0 spiro atoms. The number of rotatable bonds is 8. The Balaban J connectivity index is 0.924. The van der Waals surface area contributed by atoms with Crippen LogP contribution in [-0.4, -0.2) is 18.3 Å². The van der Waals surface area contributed by atoms with Crippen LogP contribution in [0.2, 0.25) is 0 Å². The average molecular weight is 1520 g/mol. The van der Waals surface area contributed by atoms with Crippen molar-refractivity contribution in [1.82, 2.24) is 18.3 Å². The minimum atomic E-state index is -0.506. The topological polar surface area (TPSA) is 26.2 Å². The van der Waals surface area contributed by atoms with E-state index in [4.69, 9.17) is 0 Å². The Morgan fingerprint density at radius 2 is 0.615 bits per heavy atom. The van der Waals surface area contributed by atoms with Gasteiger partial charge >= 0.3 is 0 Å². The highest BCUT2D eigenvalue weighted by molar-refractivity contribution is 6.19. The van der Waals surface area contributed by atoms with Gasteiger partial charge in [0.25, 0.3) is 0 Å². The quantitative estimate of drug-likeness (QED) is 0.152. The molecule has 6 nitrogen and oxygen atoms in total. The summed E-state index contributed by atoms with van der Waals surface area (Å²) in [6.45, 7) is 34.3. The van der Waals surface area contributed by atoms with Crippen LogP contribution in [-0.2, 0) is 27.1 Å². The van der Waals surface area contributed by atoms with Crippen LogP contribution in [0.25, 0.3) is 132 Å². The van der Waals surface area contributed by atoms with Crippen molar-refractivity contribution in [1.29, 1.82) is 0 Å². The van der Waals surface area contributed by atoms with Crippen LogP contribution in [0.4, 0.5) is 34.1 Å². The van der Waals surface area contributed by atoms with Gasteiger partial charge in [-0.3, -0.25) is 0 Å². The summed E-state index contributed by atoms with van der Waals surface area (Å²) in [6, 6.07) is 95.5. The third-order valence-electron chi connectivity index (χ3n) is 25.1. The van der Waals surface area contributed by atoms with Crippen molar-refractivity contribution in [3.63, 3.8) is 0 Å². The zero-order valence-electron chi connectivity index (χ0n) is 77.2. The molecule has 0 bridgehead atoms. The van der Waals surface area contributed by atoms with E-state index in [0.29, 0.717) is 5.69 Å². The van der Waals surface area contributed by atoms with Crippen LogP contribution in [0.15, 0.2) is 315 Å². The van der Waals surface area contributed by atoms with E-state index in [1.54, 1.807) is 4.57 Å². The summed E-state index contributed by atoms with van der Waals surface area (Å²) in [5.74, 6) is -0.506. The van der Waals surface area contributed by atoms with Crippen LogP contribution in [0, 0.1) is 0 Å². The molecule has 0 saturated carbocycles. The van der Waals surface area contributed by atoms with Crippen molar-refractivity contribution in [3.05, 3.63) is 360 Å². The molecule has 6 heteroatoms. The van der Waals surface area contributed by atoms with Crippen molar-refractivity contribution in [2.45, 2.75) is 137 Å². The number of benzene rings is 15. The second kappa shape index (κ2) is 25.8. The third kappa shape index (κ3) is 11.3. The molecule has 1 atom stereocenters. The lowest BCUT2D eigenvalue weighted by Crippen LogP contribution is -2.30. The molecular weight excluding hydrogens is 1420 g/mol. The van der Waals surface area contributed by atoms with E-state index in [0.717, 1.165) is 140 Å². The molecule has 0 aliphatic carbocycles. The standard InChI is InChI=1S/C111H98N6/c1-107(2,3)72-45-53-93-87(60-72)88-61-73(108(4,5)6)46-54-94(88)113(93)78-49-51-85-99(66-78)114(80-58-70(68-31-19-16-20-32-68)57-71(59-80)69-33-21-17-22-34-69)101-64-76(111(13,14)15)65-102-104(101)103(85)86-52-50-79(112-91-41-27-25-37-81(91)82-38-26-28-42-92(82)112)67-100(86)117(102)98-44-30-40-84-83-39-29-43-97(105(83)115(106(84)98)77-35-23-18-24-36-77)116-95-55-47-74(109(7,8)9)62-89(95)90-63-75(110(10,11)12)48-56-96(90)116/h16-67,103H,1-15H3/i25D,26D,27D,28D,37D,38D,41D,42D. The van der Waals surface area contributed by atoms with Crippen LogP contribution in [0.3, 0.4) is 0 Å². The molecule has 0 saturated heterocycles. The van der Waals surface area contributed by atoms with Gasteiger partial charge in [-0.2, -0.15) is 0 Å². The van der Waals surface area contributed by atoms with Crippen LogP contribution in [0.5, 0.6) is 0 Å². The third-order valence-corrected chi connectivity index (χ3v) is 25.1. The number of hydrogen-bond acceptors (Lipinski definition) is 2. The van der Waals surface area contributed by atoms with Gasteiger partial charge in [0.2, 0.25) is 0 Å². The predicted octanol–water partition coefficient (Wildman–Crippen LogP) is 30.6. The first-order chi connectivity index (χ1) is 59.5. The fraction of sp³-hybridized carbons (Fsp3) is 0.189. The lowest BCUT2D eigenvalue weighted by Gasteiger charge is -2.46. The maximum atomic E-state index is 9.98. The second-order valence-electron chi connectivity index (χ2n) is 37.7. The number of aromatic nitrogens is 4. The Bertz CT molecular complexity index is 7570. The molecule has 15 aromatic carbocycles. The second-order valence-corrected chi connectivity index (χ2v) is 37.7. The van der Waals surface area contributed by atoms with Crippen LogP contribution < -0.4 is 9.80 Å². The van der Waals surface area contributed by atoms with Crippen molar-refractivity contribution in [2.75, 3.05) is 9.80 Å². The van der Waals surface area contributed by atoms with Gasteiger partial charge < -0.3 is 28.1 Å². The number of para-hydroxylation sites is 5. The van der Waals surface area contributed by atoms with E-state index in [1.165, 1.54) is 43.8 Å². The Labute approximate surface area is 698 Å².